The highest BCUT2D eigenvalue weighted by molar-refractivity contribution is 5.71. The summed E-state index contributed by atoms with van der Waals surface area (Å²) in [5, 5.41) is 0. The molecular weight excluding hydrogens is 408 g/mol. The van der Waals surface area contributed by atoms with Crippen molar-refractivity contribution in [3.63, 3.8) is 0 Å². The maximum Gasteiger partial charge on any atom is 0.183 e. The number of rotatable bonds is 5. The molecule has 0 amide bonds. The molecule has 3 aromatic rings. The fourth-order valence-electron chi connectivity index (χ4n) is 3.49. The maximum absolute atomic E-state index is 14.7. The number of ether oxygens (including phenoxy) is 2. The Morgan fingerprint density at radius 1 is 0.806 bits per heavy atom. The van der Waals surface area contributed by atoms with Crippen LogP contribution in [0.25, 0.3) is 22.3 Å². The standard InChI is InChI=1S/C25H20F4O2/c1-2-15-13-30-25(31-14-15)17-5-3-16(4-6-17)18-7-8-20(22(27)9-18)19-10-23(28)21(12-26)24(29)11-19/h2-11,15,25H,1,12-14H2. The van der Waals surface area contributed by atoms with Crippen molar-refractivity contribution in [2.45, 2.75) is 13.0 Å². The van der Waals surface area contributed by atoms with Gasteiger partial charge in [0.1, 0.15) is 24.1 Å². The summed E-state index contributed by atoms with van der Waals surface area (Å²) >= 11 is 0. The summed E-state index contributed by atoms with van der Waals surface area (Å²) in [5.41, 5.74) is 1.60. The zero-order valence-electron chi connectivity index (χ0n) is 16.6. The van der Waals surface area contributed by atoms with Gasteiger partial charge in [0.2, 0.25) is 0 Å². The zero-order chi connectivity index (χ0) is 22.0. The second-order valence-corrected chi connectivity index (χ2v) is 7.36. The fourth-order valence-corrected chi connectivity index (χ4v) is 3.49. The van der Waals surface area contributed by atoms with Gasteiger partial charge in [0.15, 0.2) is 6.29 Å². The van der Waals surface area contributed by atoms with Crippen LogP contribution in [-0.2, 0) is 16.1 Å². The van der Waals surface area contributed by atoms with E-state index in [0.29, 0.717) is 18.8 Å². The maximum atomic E-state index is 14.7. The third kappa shape index (κ3) is 4.40. The predicted molar refractivity (Wildman–Crippen MR) is 110 cm³/mol. The monoisotopic (exact) mass is 428 g/mol. The molecule has 1 heterocycles. The third-order valence-corrected chi connectivity index (χ3v) is 5.33. The molecule has 6 heteroatoms. The second-order valence-electron chi connectivity index (χ2n) is 7.36. The van der Waals surface area contributed by atoms with Gasteiger partial charge >= 0.3 is 0 Å². The summed E-state index contributed by atoms with van der Waals surface area (Å²) in [4.78, 5) is 0. The summed E-state index contributed by atoms with van der Waals surface area (Å²) < 4.78 is 66.6. The minimum Gasteiger partial charge on any atom is -0.348 e. The summed E-state index contributed by atoms with van der Waals surface area (Å²) in [6, 6.07) is 13.6. The smallest absolute Gasteiger partial charge is 0.183 e. The molecule has 4 rings (SSSR count). The first kappa shape index (κ1) is 21.3. The Morgan fingerprint density at radius 3 is 1.94 bits per heavy atom. The molecule has 0 aliphatic carbocycles. The third-order valence-electron chi connectivity index (χ3n) is 5.33. The molecule has 1 aliphatic heterocycles. The fraction of sp³-hybridized carbons (Fsp3) is 0.200. The quantitative estimate of drug-likeness (QED) is 0.330. The van der Waals surface area contributed by atoms with Gasteiger partial charge < -0.3 is 9.47 Å². The molecule has 0 bridgehead atoms. The van der Waals surface area contributed by atoms with Gasteiger partial charge in [0, 0.05) is 17.0 Å². The predicted octanol–water partition coefficient (Wildman–Crippen LogP) is 6.76. The molecule has 3 aromatic carbocycles. The van der Waals surface area contributed by atoms with Crippen LogP contribution in [0.2, 0.25) is 0 Å². The van der Waals surface area contributed by atoms with E-state index in [0.717, 1.165) is 23.3 Å². The molecule has 0 unspecified atom stereocenters. The van der Waals surface area contributed by atoms with Crippen LogP contribution in [0.3, 0.4) is 0 Å². The van der Waals surface area contributed by atoms with Crippen molar-refractivity contribution in [3.05, 3.63) is 95.8 Å². The number of halogens is 4. The number of hydrogen-bond acceptors (Lipinski definition) is 2. The Balaban J connectivity index is 1.55. The van der Waals surface area contributed by atoms with Crippen LogP contribution >= 0.6 is 0 Å². The lowest BCUT2D eigenvalue weighted by Gasteiger charge is -2.28. The SMILES string of the molecule is C=CC1COC(c2ccc(-c3ccc(-c4cc(F)c(CF)c(F)c4)c(F)c3)cc2)OC1. The minimum absolute atomic E-state index is 0.0102. The van der Waals surface area contributed by atoms with Crippen molar-refractivity contribution >= 4 is 0 Å². The number of alkyl halides is 1. The lowest BCUT2D eigenvalue weighted by molar-refractivity contribution is -0.197. The molecule has 0 saturated carbocycles. The molecule has 0 atom stereocenters. The van der Waals surface area contributed by atoms with Crippen molar-refractivity contribution in [1.82, 2.24) is 0 Å². The van der Waals surface area contributed by atoms with Crippen LogP contribution in [0.1, 0.15) is 17.4 Å². The van der Waals surface area contributed by atoms with E-state index in [1.807, 2.05) is 24.3 Å². The zero-order valence-corrected chi connectivity index (χ0v) is 16.6. The van der Waals surface area contributed by atoms with E-state index in [1.54, 1.807) is 12.1 Å². The van der Waals surface area contributed by atoms with E-state index in [-0.39, 0.29) is 17.0 Å². The Hall–Kier alpha value is -2.96. The molecule has 160 valence electrons. The Bertz CT molecular complexity index is 1060. The van der Waals surface area contributed by atoms with Crippen LogP contribution in [0, 0.1) is 23.4 Å². The normalized spacial score (nSPS) is 18.7. The average molecular weight is 428 g/mol. The molecule has 0 spiro atoms. The van der Waals surface area contributed by atoms with E-state index in [2.05, 4.69) is 6.58 Å². The van der Waals surface area contributed by atoms with Gasteiger partial charge in [0.05, 0.1) is 18.8 Å². The summed E-state index contributed by atoms with van der Waals surface area (Å²) in [5.74, 6) is -2.54. The van der Waals surface area contributed by atoms with E-state index < -0.39 is 36.0 Å². The first-order chi connectivity index (χ1) is 15.0. The lowest BCUT2D eigenvalue weighted by atomic mass is 9.98. The van der Waals surface area contributed by atoms with Crippen molar-refractivity contribution in [2.75, 3.05) is 13.2 Å². The highest BCUT2D eigenvalue weighted by atomic mass is 19.1. The Labute approximate surface area is 177 Å². The Morgan fingerprint density at radius 2 is 1.39 bits per heavy atom. The molecule has 1 aliphatic rings. The first-order valence-corrected chi connectivity index (χ1v) is 9.80. The van der Waals surface area contributed by atoms with E-state index in [4.69, 9.17) is 9.47 Å². The molecule has 0 aromatic heterocycles. The molecule has 1 fully saturated rings. The van der Waals surface area contributed by atoms with Crippen molar-refractivity contribution in [1.29, 1.82) is 0 Å². The minimum atomic E-state index is -1.26. The van der Waals surface area contributed by atoms with Gasteiger partial charge in [-0.15, -0.1) is 6.58 Å². The van der Waals surface area contributed by atoms with E-state index >= 15 is 0 Å². The largest absolute Gasteiger partial charge is 0.348 e. The van der Waals surface area contributed by atoms with Crippen LogP contribution in [0.4, 0.5) is 17.6 Å². The van der Waals surface area contributed by atoms with E-state index in [9.17, 15) is 17.6 Å². The van der Waals surface area contributed by atoms with Gasteiger partial charge in [-0.2, -0.15) is 0 Å². The van der Waals surface area contributed by atoms with Gasteiger partial charge in [0.25, 0.3) is 0 Å². The number of hydrogen-bond donors (Lipinski definition) is 0. The van der Waals surface area contributed by atoms with Crippen LogP contribution in [-0.4, -0.2) is 13.2 Å². The van der Waals surface area contributed by atoms with E-state index in [1.165, 1.54) is 12.1 Å². The van der Waals surface area contributed by atoms with Crippen molar-refractivity contribution in [3.8, 4) is 22.3 Å². The molecular formula is C25H20F4O2. The highest BCUT2D eigenvalue weighted by Gasteiger charge is 2.21. The van der Waals surface area contributed by atoms with Gasteiger partial charge in [-0.1, -0.05) is 42.5 Å². The van der Waals surface area contributed by atoms with Crippen molar-refractivity contribution in [2.24, 2.45) is 5.92 Å². The van der Waals surface area contributed by atoms with Gasteiger partial charge in [-0.05, 0) is 34.9 Å². The highest BCUT2D eigenvalue weighted by Crippen LogP contribution is 2.32. The summed E-state index contributed by atoms with van der Waals surface area (Å²) in [6.45, 7) is 3.55. The van der Waals surface area contributed by atoms with Gasteiger partial charge in [-0.25, -0.2) is 17.6 Å². The molecule has 0 radical (unpaired) electrons. The summed E-state index contributed by atoms with van der Waals surface area (Å²) in [7, 11) is 0. The molecule has 0 N–H and O–H groups in total. The summed E-state index contributed by atoms with van der Waals surface area (Å²) in [6.07, 6.45) is 1.34. The second kappa shape index (κ2) is 9.04. The lowest BCUT2D eigenvalue weighted by Crippen LogP contribution is -2.25. The topological polar surface area (TPSA) is 18.5 Å². The van der Waals surface area contributed by atoms with Crippen LogP contribution < -0.4 is 0 Å². The molecule has 1 saturated heterocycles. The van der Waals surface area contributed by atoms with Gasteiger partial charge in [-0.3, -0.25) is 0 Å². The number of benzene rings is 3. The van der Waals surface area contributed by atoms with Crippen LogP contribution in [0.15, 0.2) is 67.3 Å². The Kier molecular flexibility index (Phi) is 6.20. The molecule has 31 heavy (non-hydrogen) atoms. The van der Waals surface area contributed by atoms with Crippen LogP contribution in [0.5, 0.6) is 0 Å². The molecule has 2 nitrogen and oxygen atoms in total. The van der Waals surface area contributed by atoms with Crippen molar-refractivity contribution < 1.29 is 27.0 Å². The first-order valence-electron chi connectivity index (χ1n) is 9.80. The average Bonchev–Trinajstić information content (AvgIpc) is 2.79.